The number of ketones is 1. The number of para-hydroxylation sites is 2. The van der Waals surface area contributed by atoms with Crippen molar-refractivity contribution in [2.75, 3.05) is 19.1 Å². The molecule has 0 radical (unpaired) electrons. The molecule has 1 aliphatic rings. The van der Waals surface area contributed by atoms with Crippen molar-refractivity contribution in [1.82, 2.24) is 0 Å². The highest BCUT2D eigenvalue weighted by molar-refractivity contribution is 6.20. The number of furan rings is 1. The van der Waals surface area contributed by atoms with Crippen LogP contribution in [0.4, 0.5) is 5.69 Å². The first-order chi connectivity index (χ1) is 16.9. The molecule has 0 aliphatic carbocycles. The lowest BCUT2D eigenvalue weighted by molar-refractivity contribution is -0.117. The Kier molecular flexibility index (Phi) is 5.53. The number of benzene rings is 3. The monoisotopic (exact) mass is 469 g/mol. The van der Waals surface area contributed by atoms with E-state index in [0.29, 0.717) is 33.7 Å². The fourth-order valence-electron chi connectivity index (χ4n) is 4.51. The molecule has 0 bridgehead atoms. The van der Waals surface area contributed by atoms with E-state index in [4.69, 9.17) is 13.9 Å². The summed E-state index contributed by atoms with van der Waals surface area (Å²) in [6.07, 6.45) is 0. The molecule has 2 heterocycles. The molecule has 7 nitrogen and oxygen atoms in total. The molecule has 4 aromatic rings. The maximum Gasteiger partial charge on any atom is 0.294 e. The normalized spacial score (nSPS) is 15.7. The second kappa shape index (κ2) is 8.68. The zero-order chi connectivity index (χ0) is 24.7. The Balaban J connectivity index is 1.70. The quantitative estimate of drug-likeness (QED) is 0.373. The van der Waals surface area contributed by atoms with Crippen molar-refractivity contribution >= 4 is 28.3 Å². The maximum absolute atomic E-state index is 13.8. The van der Waals surface area contributed by atoms with Crippen LogP contribution in [0.5, 0.6) is 11.5 Å². The highest BCUT2D eigenvalue weighted by Crippen LogP contribution is 2.45. The van der Waals surface area contributed by atoms with Gasteiger partial charge in [-0.3, -0.25) is 14.5 Å². The number of hydrogen-bond donors (Lipinski definition) is 1. The van der Waals surface area contributed by atoms with Gasteiger partial charge in [0.25, 0.3) is 5.91 Å². The van der Waals surface area contributed by atoms with Crippen molar-refractivity contribution < 1.29 is 28.6 Å². The number of carbonyl (C=O) groups is 2. The number of aliphatic hydroxyl groups is 1. The molecule has 0 fully saturated rings. The molecule has 7 heteroatoms. The number of Topliss-reactive ketones (excluding diaryl/α,β-unsaturated/α-hetero) is 1. The Morgan fingerprint density at radius 1 is 0.943 bits per heavy atom. The molecule has 1 amide bonds. The summed E-state index contributed by atoms with van der Waals surface area (Å²) in [5.74, 6) is -0.951. The minimum atomic E-state index is -0.928. The van der Waals surface area contributed by atoms with Gasteiger partial charge in [-0.05, 0) is 42.8 Å². The predicted octanol–water partition coefficient (Wildman–Crippen LogP) is 5.54. The number of ether oxygens (including phenoxy) is 2. The van der Waals surface area contributed by atoms with Crippen LogP contribution in [0.25, 0.3) is 11.0 Å². The van der Waals surface area contributed by atoms with Crippen molar-refractivity contribution in [2.24, 2.45) is 0 Å². The molecule has 176 valence electrons. The second-order valence-electron chi connectivity index (χ2n) is 8.24. The molecule has 1 aliphatic heterocycles. The molecular formula is C28H23NO6. The van der Waals surface area contributed by atoms with E-state index in [9.17, 15) is 14.7 Å². The predicted molar refractivity (Wildman–Crippen MR) is 131 cm³/mol. The van der Waals surface area contributed by atoms with Crippen LogP contribution in [0.1, 0.15) is 27.7 Å². The Morgan fingerprint density at radius 3 is 2.40 bits per heavy atom. The van der Waals surface area contributed by atoms with Crippen LogP contribution in [-0.2, 0) is 4.79 Å². The molecule has 0 saturated heterocycles. The Labute approximate surface area is 201 Å². The summed E-state index contributed by atoms with van der Waals surface area (Å²) in [6.45, 7) is 1.91. The second-order valence-corrected chi connectivity index (χ2v) is 8.24. The van der Waals surface area contributed by atoms with Gasteiger partial charge >= 0.3 is 0 Å². The van der Waals surface area contributed by atoms with Crippen molar-refractivity contribution in [3.63, 3.8) is 0 Å². The molecule has 1 N–H and O–H groups in total. The number of rotatable bonds is 6. The number of amides is 1. The van der Waals surface area contributed by atoms with Crippen molar-refractivity contribution in [2.45, 2.75) is 13.0 Å². The minimum absolute atomic E-state index is 0.00941. The summed E-state index contributed by atoms with van der Waals surface area (Å²) in [5.41, 5.74) is 2.36. The van der Waals surface area contributed by atoms with Crippen LogP contribution in [-0.4, -0.2) is 31.0 Å². The number of methoxy groups -OCH3 is 2. The van der Waals surface area contributed by atoms with E-state index in [0.717, 1.165) is 5.56 Å². The van der Waals surface area contributed by atoms with Crippen LogP contribution in [0.15, 0.2) is 88.5 Å². The summed E-state index contributed by atoms with van der Waals surface area (Å²) in [6, 6.07) is 20.4. The summed E-state index contributed by atoms with van der Waals surface area (Å²) in [4.78, 5) is 28.6. The number of hydrogen-bond acceptors (Lipinski definition) is 6. The van der Waals surface area contributed by atoms with E-state index in [1.807, 2.05) is 25.1 Å². The van der Waals surface area contributed by atoms with Crippen molar-refractivity contribution in [1.29, 1.82) is 0 Å². The average molecular weight is 469 g/mol. The molecule has 0 spiro atoms. The molecule has 3 aromatic carbocycles. The largest absolute Gasteiger partial charge is 0.503 e. The van der Waals surface area contributed by atoms with Crippen LogP contribution >= 0.6 is 0 Å². The van der Waals surface area contributed by atoms with E-state index in [1.54, 1.807) is 54.6 Å². The first-order valence-corrected chi connectivity index (χ1v) is 11.0. The summed E-state index contributed by atoms with van der Waals surface area (Å²) in [5, 5.41) is 11.7. The lowest BCUT2D eigenvalue weighted by atomic mass is 9.94. The topological polar surface area (TPSA) is 89.2 Å². The number of anilines is 1. The van der Waals surface area contributed by atoms with Crippen LogP contribution in [0, 0.1) is 6.92 Å². The first kappa shape index (κ1) is 22.3. The van der Waals surface area contributed by atoms with Gasteiger partial charge in [-0.25, -0.2) is 0 Å². The van der Waals surface area contributed by atoms with Gasteiger partial charge in [0.1, 0.15) is 5.75 Å². The summed E-state index contributed by atoms with van der Waals surface area (Å²) in [7, 11) is 3.03. The lowest BCUT2D eigenvalue weighted by Crippen LogP contribution is -2.31. The molecule has 5 rings (SSSR count). The smallest absolute Gasteiger partial charge is 0.294 e. The number of carbonyl (C=O) groups excluding carboxylic acids is 2. The number of aryl methyl sites for hydroxylation is 1. The van der Waals surface area contributed by atoms with Crippen LogP contribution in [0.2, 0.25) is 0 Å². The van der Waals surface area contributed by atoms with Gasteiger partial charge < -0.3 is 19.0 Å². The first-order valence-electron chi connectivity index (χ1n) is 11.0. The van der Waals surface area contributed by atoms with Gasteiger partial charge in [0.2, 0.25) is 5.78 Å². The zero-order valence-electron chi connectivity index (χ0n) is 19.4. The highest BCUT2D eigenvalue weighted by atomic mass is 16.5. The number of nitrogens with zero attached hydrogens (tertiary/aromatic N) is 1. The molecule has 1 unspecified atom stereocenters. The Bertz CT molecular complexity index is 1500. The number of fused-ring (bicyclic) bond motifs is 1. The van der Waals surface area contributed by atoms with Crippen LogP contribution < -0.4 is 14.4 Å². The fraction of sp³-hybridized carbons (Fsp3) is 0.143. The third kappa shape index (κ3) is 3.61. The standard InChI is InChI=1S/C28H23NO6/c1-16-8-6-10-18(14-16)29-24(19-11-4-5-12-20(19)33-2)23(26(31)28(29)32)25(30)22-15-17-9-7-13-21(34-3)27(17)35-22/h4-15,24,31H,1-3H3. The van der Waals surface area contributed by atoms with Crippen molar-refractivity contribution in [3.05, 3.63) is 101 Å². The zero-order valence-corrected chi connectivity index (χ0v) is 19.4. The molecule has 1 aromatic heterocycles. The van der Waals surface area contributed by atoms with E-state index in [-0.39, 0.29) is 11.3 Å². The SMILES string of the molecule is COc1ccccc1C1C(C(=O)c2cc3cccc(OC)c3o2)=C(O)C(=O)N1c1cccc(C)c1. The fourth-order valence-corrected chi connectivity index (χ4v) is 4.51. The Hall–Kier alpha value is -4.52. The molecular weight excluding hydrogens is 446 g/mol. The highest BCUT2D eigenvalue weighted by Gasteiger charge is 2.46. The third-order valence-corrected chi connectivity index (χ3v) is 6.12. The van der Waals surface area contributed by atoms with Gasteiger partial charge in [-0.15, -0.1) is 0 Å². The van der Waals surface area contributed by atoms with Gasteiger partial charge in [0.05, 0.1) is 25.8 Å². The number of aliphatic hydroxyl groups excluding tert-OH is 1. The summed E-state index contributed by atoms with van der Waals surface area (Å²) < 4.78 is 16.8. The molecule has 1 atom stereocenters. The van der Waals surface area contributed by atoms with Crippen LogP contribution in [0.3, 0.4) is 0 Å². The maximum atomic E-state index is 13.8. The molecule has 35 heavy (non-hydrogen) atoms. The van der Waals surface area contributed by atoms with E-state index in [2.05, 4.69) is 0 Å². The Morgan fingerprint density at radius 2 is 1.66 bits per heavy atom. The van der Waals surface area contributed by atoms with E-state index >= 15 is 0 Å². The van der Waals surface area contributed by atoms with Crippen molar-refractivity contribution in [3.8, 4) is 11.5 Å². The van der Waals surface area contributed by atoms with Gasteiger partial charge in [-0.2, -0.15) is 0 Å². The average Bonchev–Trinajstić information content (AvgIpc) is 3.42. The van der Waals surface area contributed by atoms with E-state index in [1.165, 1.54) is 19.1 Å². The van der Waals surface area contributed by atoms with Gasteiger partial charge in [-0.1, -0.05) is 42.5 Å². The summed E-state index contributed by atoms with van der Waals surface area (Å²) >= 11 is 0. The van der Waals surface area contributed by atoms with Gasteiger partial charge in [0.15, 0.2) is 22.9 Å². The van der Waals surface area contributed by atoms with E-state index < -0.39 is 23.5 Å². The minimum Gasteiger partial charge on any atom is -0.503 e. The van der Waals surface area contributed by atoms with Gasteiger partial charge in [0, 0.05) is 16.6 Å². The molecule has 0 saturated carbocycles. The lowest BCUT2D eigenvalue weighted by Gasteiger charge is -2.28. The third-order valence-electron chi connectivity index (χ3n) is 6.12.